The van der Waals surface area contributed by atoms with Gasteiger partial charge in [-0.05, 0) is 93.0 Å². The van der Waals surface area contributed by atoms with Crippen LogP contribution in [0.3, 0.4) is 0 Å². The molecule has 0 aromatic heterocycles. The van der Waals surface area contributed by atoms with Gasteiger partial charge in [-0.25, -0.2) is 0 Å². The third kappa shape index (κ3) is 5.63. The first-order valence-corrected chi connectivity index (χ1v) is 16.9. The summed E-state index contributed by atoms with van der Waals surface area (Å²) in [6, 6.07) is 67.7. The number of benzene rings is 8. The van der Waals surface area contributed by atoms with E-state index in [9.17, 15) is 0 Å². The maximum Gasteiger partial charge on any atom is 0.136 e. The van der Waals surface area contributed by atoms with E-state index in [1.54, 1.807) is 0 Å². The highest BCUT2D eigenvalue weighted by atomic mass is 16.5. The first kappa shape index (κ1) is 29.5. The van der Waals surface area contributed by atoms with Crippen LogP contribution in [0.1, 0.15) is 0 Å². The Labute approximate surface area is 292 Å². The standard InChI is InChI=1S/C48H32O2/c1-5-13-33(14-6-1)37-21-25-41-42-26-22-39(35-17-9-3-10-18-35)31-47(42)50-48-32-40(36-19-11-4-12-20-36)24-28-44(48)43-27-23-38(34-15-7-2-8-16-34)30-46(43)49-45(41)29-37/h1-32H. The fourth-order valence-corrected chi connectivity index (χ4v) is 6.79. The van der Waals surface area contributed by atoms with Crippen molar-refractivity contribution in [3.8, 4) is 89.8 Å². The minimum absolute atomic E-state index is 0.763. The highest BCUT2D eigenvalue weighted by Crippen LogP contribution is 2.50. The molecule has 236 valence electrons. The van der Waals surface area contributed by atoms with Crippen molar-refractivity contribution >= 4 is 0 Å². The lowest BCUT2D eigenvalue weighted by Gasteiger charge is -2.23. The number of hydrogen-bond acceptors (Lipinski definition) is 2. The molecule has 0 saturated heterocycles. The molecule has 0 unspecified atom stereocenters. The molecule has 0 bridgehead atoms. The monoisotopic (exact) mass is 640 g/mol. The van der Waals surface area contributed by atoms with Gasteiger partial charge in [0.15, 0.2) is 0 Å². The molecule has 0 fully saturated rings. The zero-order valence-corrected chi connectivity index (χ0v) is 27.3. The summed E-state index contributed by atoms with van der Waals surface area (Å²) in [6.07, 6.45) is 0. The average molecular weight is 641 g/mol. The molecular weight excluding hydrogens is 609 g/mol. The first-order chi connectivity index (χ1) is 24.8. The summed E-state index contributed by atoms with van der Waals surface area (Å²) in [5, 5.41) is 0. The van der Waals surface area contributed by atoms with Crippen molar-refractivity contribution in [1.82, 2.24) is 0 Å². The van der Waals surface area contributed by atoms with Crippen molar-refractivity contribution in [2.75, 3.05) is 0 Å². The summed E-state index contributed by atoms with van der Waals surface area (Å²) in [5.41, 5.74) is 12.7. The van der Waals surface area contributed by atoms with Crippen molar-refractivity contribution in [3.63, 3.8) is 0 Å². The van der Waals surface area contributed by atoms with E-state index in [-0.39, 0.29) is 0 Å². The molecule has 1 aliphatic heterocycles. The molecule has 0 atom stereocenters. The van der Waals surface area contributed by atoms with E-state index in [0.29, 0.717) is 0 Å². The molecule has 2 nitrogen and oxygen atoms in total. The second kappa shape index (κ2) is 12.8. The zero-order chi connectivity index (χ0) is 33.3. The Morgan fingerprint density at radius 1 is 0.200 bits per heavy atom. The predicted molar refractivity (Wildman–Crippen MR) is 206 cm³/mol. The molecule has 0 N–H and O–H groups in total. The van der Waals surface area contributed by atoms with Crippen molar-refractivity contribution in [1.29, 1.82) is 0 Å². The quantitative estimate of drug-likeness (QED) is 0.191. The Hall–Kier alpha value is -6.64. The SMILES string of the molecule is c1ccc(-c2ccc3c(c2)Oc2cc(-c4ccccc4)ccc2-c2ccc(-c4ccccc4)cc2Oc2cc(-c4ccccc4)ccc2-3)cc1. The van der Waals surface area contributed by atoms with Gasteiger partial charge < -0.3 is 9.47 Å². The van der Waals surface area contributed by atoms with Crippen LogP contribution in [-0.2, 0) is 0 Å². The Kier molecular flexibility index (Phi) is 7.53. The molecule has 0 saturated carbocycles. The van der Waals surface area contributed by atoms with Gasteiger partial charge in [0.25, 0.3) is 0 Å². The molecule has 8 aromatic rings. The topological polar surface area (TPSA) is 18.5 Å². The Bertz CT molecular complexity index is 2100. The predicted octanol–water partition coefficient (Wildman–Crippen LogP) is 13.6. The van der Waals surface area contributed by atoms with E-state index in [4.69, 9.17) is 9.47 Å². The summed E-state index contributed by atoms with van der Waals surface area (Å²) in [7, 11) is 0. The number of fused-ring (bicyclic) bond motifs is 6. The number of ether oxygens (including phenoxy) is 2. The molecule has 0 amide bonds. The molecule has 1 heterocycles. The third-order valence-corrected chi connectivity index (χ3v) is 9.38. The van der Waals surface area contributed by atoms with Gasteiger partial charge in [0, 0.05) is 22.3 Å². The van der Waals surface area contributed by atoms with Crippen LogP contribution in [0.5, 0.6) is 23.0 Å². The van der Waals surface area contributed by atoms with Crippen LogP contribution in [0.15, 0.2) is 194 Å². The third-order valence-electron chi connectivity index (χ3n) is 9.38. The van der Waals surface area contributed by atoms with Gasteiger partial charge in [0.1, 0.15) is 23.0 Å². The van der Waals surface area contributed by atoms with Gasteiger partial charge >= 0.3 is 0 Å². The van der Waals surface area contributed by atoms with Crippen molar-refractivity contribution in [2.24, 2.45) is 0 Å². The van der Waals surface area contributed by atoms with E-state index in [2.05, 4.69) is 170 Å². The van der Waals surface area contributed by atoms with Crippen LogP contribution < -0.4 is 9.47 Å². The second-order valence-corrected chi connectivity index (χ2v) is 12.5. The zero-order valence-electron chi connectivity index (χ0n) is 27.3. The molecule has 1 aliphatic rings. The summed E-state index contributed by atoms with van der Waals surface area (Å²) in [4.78, 5) is 0. The molecule has 0 aliphatic carbocycles. The molecule has 9 rings (SSSR count). The lowest BCUT2D eigenvalue weighted by atomic mass is 9.94. The van der Waals surface area contributed by atoms with Gasteiger partial charge in [-0.3, -0.25) is 0 Å². The van der Waals surface area contributed by atoms with Crippen LogP contribution in [0.25, 0.3) is 66.8 Å². The largest absolute Gasteiger partial charge is 0.456 e. The van der Waals surface area contributed by atoms with Crippen molar-refractivity contribution < 1.29 is 9.47 Å². The van der Waals surface area contributed by atoms with Crippen LogP contribution in [0, 0.1) is 0 Å². The smallest absolute Gasteiger partial charge is 0.136 e. The fourth-order valence-electron chi connectivity index (χ4n) is 6.79. The highest BCUT2D eigenvalue weighted by Gasteiger charge is 2.23. The van der Waals surface area contributed by atoms with Crippen molar-refractivity contribution in [2.45, 2.75) is 0 Å². The Balaban J connectivity index is 1.30. The second-order valence-electron chi connectivity index (χ2n) is 12.5. The molecule has 8 aromatic carbocycles. The summed E-state index contributed by atoms with van der Waals surface area (Å²) >= 11 is 0. The van der Waals surface area contributed by atoms with Crippen LogP contribution >= 0.6 is 0 Å². The molecule has 2 heteroatoms. The molecule has 0 radical (unpaired) electrons. The highest BCUT2D eigenvalue weighted by molar-refractivity contribution is 5.87. The van der Waals surface area contributed by atoms with Crippen molar-refractivity contribution in [3.05, 3.63) is 194 Å². The first-order valence-electron chi connectivity index (χ1n) is 16.9. The fraction of sp³-hybridized carbons (Fsp3) is 0. The van der Waals surface area contributed by atoms with Crippen LogP contribution in [0.2, 0.25) is 0 Å². The van der Waals surface area contributed by atoms with Gasteiger partial charge in [-0.15, -0.1) is 0 Å². The van der Waals surface area contributed by atoms with E-state index >= 15 is 0 Å². The van der Waals surface area contributed by atoms with E-state index in [1.165, 1.54) is 0 Å². The van der Waals surface area contributed by atoms with E-state index in [0.717, 1.165) is 89.8 Å². The van der Waals surface area contributed by atoms with Gasteiger partial charge in [0.05, 0.1) is 0 Å². The maximum atomic E-state index is 7.13. The Morgan fingerprint density at radius 2 is 0.420 bits per heavy atom. The minimum atomic E-state index is 0.763. The lowest BCUT2D eigenvalue weighted by Crippen LogP contribution is -1.99. The molecular formula is C48H32O2. The minimum Gasteiger partial charge on any atom is -0.456 e. The number of rotatable bonds is 4. The maximum absolute atomic E-state index is 7.13. The summed E-state index contributed by atoms with van der Waals surface area (Å²) in [6.45, 7) is 0. The van der Waals surface area contributed by atoms with Gasteiger partial charge in [-0.1, -0.05) is 146 Å². The van der Waals surface area contributed by atoms with Gasteiger partial charge in [0.2, 0.25) is 0 Å². The van der Waals surface area contributed by atoms with Crippen LogP contribution in [-0.4, -0.2) is 0 Å². The van der Waals surface area contributed by atoms with E-state index in [1.807, 2.05) is 24.3 Å². The normalized spacial score (nSPS) is 11.5. The average Bonchev–Trinajstić information content (AvgIpc) is 3.19. The Morgan fingerprint density at radius 3 is 0.640 bits per heavy atom. The summed E-state index contributed by atoms with van der Waals surface area (Å²) < 4.78 is 14.3. The summed E-state index contributed by atoms with van der Waals surface area (Å²) in [5.74, 6) is 3.05. The number of hydrogen-bond donors (Lipinski definition) is 0. The molecule has 0 spiro atoms. The van der Waals surface area contributed by atoms with E-state index < -0.39 is 0 Å². The molecule has 50 heavy (non-hydrogen) atoms. The van der Waals surface area contributed by atoms with Gasteiger partial charge in [-0.2, -0.15) is 0 Å². The van der Waals surface area contributed by atoms with Crippen LogP contribution in [0.4, 0.5) is 0 Å². The lowest BCUT2D eigenvalue weighted by molar-refractivity contribution is 0.473.